The number of esters is 2. The monoisotopic (exact) mass is 378 g/mol. The van der Waals surface area contributed by atoms with Crippen LogP contribution in [0.15, 0.2) is 33.5 Å². The highest BCUT2D eigenvalue weighted by Crippen LogP contribution is 2.11. The first kappa shape index (κ1) is 20.2. The number of amides is 1. The van der Waals surface area contributed by atoms with Gasteiger partial charge in [-0.2, -0.15) is 0 Å². The molecule has 0 aliphatic rings. The van der Waals surface area contributed by atoms with Crippen LogP contribution >= 0.6 is 0 Å². The van der Waals surface area contributed by atoms with E-state index in [9.17, 15) is 19.2 Å². The molecule has 2 aromatic rings. The van der Waals surface area contributed by atoms with Crippen molar-refractivity contribution in [3.8, 4) is 0 Å². The quantitative estimate of drug-likeness (QED) is 0.677. The molecule has 0 spiro atoms. The molecular formula is C18H22N2O7. The maximum Gasteiger partial charge on any atom is 0.420 e. The van der Waals surface area contributed by atoms with Crippen LogP contribution in [0.1, 0.15) is 20.3 Å². The number of carbonyl (C=O) groups excluding carboxylic acids is 3. The van der Waals surface area contributed by atoms with E-state index in [1.165, 1.54) is 7.11 Å². The standard InChI is InChI=1S/C18H22N2O7/c1-11(2)8-12(17(23)25-3)19-15(21)10-26-16(22)9-20-13-6-4-5-7-14(13)27-18(20)24/h4-7,11-12H,8-10H2,1-3H3,(H,19,21). The minimum atomic E-state index is -0.818. The summed E-state index contributed by atoms with van der Waals surface area (Å²) in [5.41, 5.74) is 0.800. The van der Waals surface area contributed by atoms with Crippen LogP contribution in [-0.4, -0.2) is 42.2 Å². The van der Waals surface area contributed by atoms with E-state index in [4.69, 9.17) is 9.15 Å². The Kier molecular flexibility index (Phi) is 6.75. The predicted molar refractivity (Wildman–Crippen MR) is 94.8 cm³/mol. The Morgan fingerprint density at radius 1 is 1.22 bits per heavy atom. The van der Waals surface area contributed by atoms with E-state index in [0.29, 0.717) is 17.5 Å². The number of fused-ring (bicyclic) bond motifs is 1. The van der Waals surface area contributed by atoms with Crippen molar-refractivity contribution >= 4 is 28.9 Å². The molecule has 0 saturated carbocycles. The zero-order valence-electron chi connectivity index (χ0n) is 15.4. The molecule has 0 bridgehead atoms. The fourth-order valence-electron chi connectivity index (χ4n) is 2.55. The smallest absolute Gasteiger partial charge is 0.420 e. The summed E-state index contributed by atoms with van der Waals surface area (Å²) in [5.74, 6) is -2.53. The number of ether oxygens (including phenoxy) is 2. The number of nitrogens with zero attached hydrogens (tertiary/aromatic N) is 1. The number of para-hydroxylation sites is 2. The number of hydrogen-bond donors (Lipinski definition) is 1. The van der Waals surface area contributed by atoms with Crippen LogP contribution in [0.4, 0.5) is 0 Å². The van der Waals surface area contributed by atoms with E-state index in [1.807, 2.05) is 13.8 Å². The van der Waals surface area contributed by atoms with E-state index < -0.39 is 42.8 Å². The Labute approximate surface area is 155 Å². The van der Waals surface area contributed by atoms with Gasteiger partial charge in [0.1, 0.15) is 12.6 Å². The summed E-state index contributed by atoms with van der Waals surface area (Å²) in [6.45, 7) is 2.83. The van der Waals surface area contributed by atoms with Crippen molar-refractivity contribution in [1.29, 1.82) is 0 Å². The Balaban J connectivity index is 1.92. The van der Waals surface area contributed by atoms with Gasteiger partial charge in [-0.25, -0.2) is 9.59 Å². The Bertz CT molecular complexity index is 881. The maximum absolute atomic E-state index is 12.0. The minimum Gasteiger partial charge on any atom is -0.467 e. The lowest BCUT2D eigenvalue weighted by Gasteiger charge is -2.18. The molecule has 27 heavy (non-hydrogen) atoms. The number of nitrogens with one attached hydrogen (secondary N) is 1. The van der Waals surface area contributed by atoms with Gasteiger partial charge in [0.15, 0.2) is 12.2 Å². The molecule has 1 atom stereocenters. The maximum atomic E-state index is 12.0. The fraction of sp³-hybridized carbons (Fsp3) is 0.444. The number of hydrogen-bond acceptors (Lipinski definition) is 7. The van der Waals surface area contributed by atoms with Gasteiger partial charge in [-0.1, -0.05) is 26.0 Å². The number of oxazole rings is 1. The zero-order valence-corrected chi connectivity index (χ0v) is 15.4. The molecule has 1 unspecified atom stereocenters. The normalized spacial score (nSPS) is 12.0. The zero-order chi connectivity index (χ0) is 20.0. The molecular weight excluding hydrogens is 356 g/mol. The molecule has 1 heterocycles. The summed E-state index contributed by atoms with van der Waals surface area (Å²) >= 11 is 0. The van der Waals surface area contributed by atoms with Gasteiger partial charge in [0, 0.05) is 0 Å². The van der Waals surface area contributed by atoms with Crippen LogP contribution in [0.25, 0.3) is 11.1 Å². The molecule has 146 valence electrons. The topological polar surface area (TPSA) is 117 Å². The summed E-state index contributed by atoms with van der Waals surface area (Å²) in [4.78, 5) is 47.5. The Morgan fingerprint density at radius 2 is 1.93 bits per heavy atom. The SMILES string of the molecule is COC(=O)C(CC(C)C)NC(=O)COC(=O)Cn1c(=O)oc2ccccc21. The lowest BCUT2D eigenvalue weighted by Crippen LogP contribution is -2.44. The summed E-state index contributed by atoms with van der Waals surface area (Å²) in [7, 11) is 1.23. The van der Waals surface area contributed by atoms with Gasteiger partial charge in [0.2, 0.25) is 0 Å². The first-order chi connectivity index (χ1) is 12.8. The second-order valence-electron chi connectivity index (χ2n) is 6.36. The molecule has 1 N–H and O–H groups in total. The Hall–Kier alpha value is -3.10. The van der Waals surface area contributed by atoms with Crippen LogP contribution in [0.5, 0.6) is 0 Å². The average Bonchev–Trinajstić information content (AvgIpc) is 2.94. The van der Waals surface area contributed by atoms with Crippen molar-refractivity contribution in [2.24, 2.45) is 5.92 Å². The van der Waals surface area contributed by atoms with E-state index in [0.717, 1.165) is 4.57 Å². The molecule has 9 heteroatoms. The lowest BCUT2D eigenvalue weighted by atomic mass is 10.0. The van der Waals surface area contributed by atoms with Crippen molar-refractivity contribution in [1.82, 2.24) is 9.88 Å². The third-order valence-corrected chi connectivity index (χ3v) is 3.75. The third kappa shape index (κ3) is 5.44. The number of methoxy groups -OCH3 is 1. The number of rotatable bonds is 8. The third-order valence-electron chi connectivity index (χ3n) is 3.75. The molecule has 1 aromatic carbocycles. The van der Waals surface area contributed by atoms with E-state index in [1.54, 1.807) is 24.3 Å². The van der Waals surface area contributed by atoms with Crippen molar-refractivity contribution in [2.75, 3.05) is 13.7 Å². The second-order valence-corrected chi connectivity index (χ2v) is 6.36. The number of benzene rings is 1. The van der Waals surface area contributed by atoms with Crippen molar-refractivity contribution in [3.05, 3.63) is 34.8 Å². The largest absolute Gasteiger partial charge is 0.467 e. The highest BCUT2D eigenvalue weighted by atomic mass is 16.5. The van der Waals surface area contributed by atoms with Gasteiger partial charge in [0.05, 0.1) is 12.6 Å². The predicted octanol–water partition coefficient (Wildman–Crippen LogP) is 0.842. The van der Waals surface area contributed by atoms with Crippen LogP contribution in [-0.2, 0) is 30.4 Å². The molecule has 0 aliphatic heterocycles. The van der Waals surface area contributed by atoms with Gasteiger partial charge in [-0.05, 0) is 24.5 Å². The number of carbonyl (C=O) groups is 3. The van der Waals surface area contributed by atoms with Crippen LogP contribution < -0.4 is 11.1 Å². The van der Waals surface area contributed by atoms with Gasteiger partial charge in [0.25, 0.3) is 5.91 Å². The molecule has 9 nitrogen and oxygen atoms in total. The van der Waals surface area contributed by atoms with Gasteiger partial charge in [-0.15, -0.1) is 0 Å². The Morgan fingerprint density at radius 3 is 2.59 bits per heavy atom. The van der Waals surface area contributed by atoms with Crippen molar-refractivity contribution in [2.45, 2.75) is 32.9 Å². The second kappa shape index (κ2) is 9.02. The van der Waals surface area contributed by atoms with E-state index in [-0.39, 0.29) is 5.92 Å². The van der Waals surface area contributed by atoms with Crippen molar-refractivity contribution in [3.63, 3.8) is 0 Å². The molecule has 1 aromatic heterocycles. The molecule has 0 fully saturated rings. The van der Waals surface area contributed by atoms with E-state index in [2.05, 4.69) is 10.1 Å². The first-order valence-corrected chi connectivity index (χ1v) is 8.43. The van der Waals surface area contributed by atoms with Gasteiger partial charge < -0.3 is 19.2 Å². The molecule has 2 rings (SSSR count). The molecule has 0 radical (unpaired) electrons. The summed E-state index contributed by atoms with van der Waals surface area (Å²) in [6.07, 6.45) is 0.392. The molecule has 0 saturated heterocycles. The van der Waals surface area contributed by atoms with Gasteiger partial charge >= 0.3 is 17.7 Å². The van der Waals surface area contributed by atoms with E-state index >= 15 is 0 Å². The fourth-order valence-corrected chi connectivity index (χ4v) is 2.55. The highest BCUT2D eigenvalue weighted by Gasteiger charge is 2.23. The van der Waals surface area contributed by atoms with Gasteiger partial charge in [-0.3, -0.25) is 14.2 Å². The first-order valence-electron chi connectivity index (χ1n) is 8.43. The number of aromatic nitrogens is 1. The average molecular weight is 378 g/mol. The highest BCUT2D eigenvalue weighted by molar-refractivity contribution is 5.86. The molecule has 1 amide bonds. The lowest BCUT2D eigenvalue weighted by molar-refractivity contribution is -0.151. The van der Waals surface area contributed by atoms with Crippen LogP contribution in [0, 0.1) is 5.92 Å². The van der Waals surface area contributed by atoms with Crippen molar-refractivity contribution < 1.29 is 28.3 Å². The molecule has 0 aliphatic carbocycles. The van der Waals surface area contributed by atoms with Crippen LogP contribution in [0.3, 0.4) is 0 Å². The minimum absolute atomic E-state index is 0.151. The summed E-state index contributed by atoms with van der Waals surface area (Å²) < 4.78 is 15.7. The summed E-state index contributed by atoms with van der Waals surface area (Å²) in [6, 6.07) is 5.82. The summed E-state index contributed by atoms with van der Waals surface area (Å²) in [5, 5.41) is 2.48. The van der Waals surface area contributed by atoms with Crippen LogP contribution in [0.2, 0.25) is 0 Å².